The molecule has 1 aromatic heterocycles. The lowest BCUT2D eigenvalue weighted by atomic mass is 10.1. The van der Waals surface area contributed by atoms with Gasteiger partial charge in [0, 0.05) is 43.5 Å². The Morgan fingerprint density at radius 2 is 1.92 bits per heavy atom. The number of aromatic nitrogens is 1. The summed E-state index contributed by atoms with van der Waals surface area (Å²) in [7, 11) is 3.66. The molecule has 0 aliphatic carbocycles. The van der Waals surface area contributed by atoms with Gasteiger partial charge in [-0.1, -0.05) is 11.6 Å². The molecule has 0 spiro atoms. The predicted molar refractivity (Wildman–Crippen MR) is 105 cm³/mol. The van der Waals surface area contributed by atoms with E-state index in [0.717, 1.165) is 37.4 Å². The summed E-state index contributed by atoms with van der Waals surface area (Å²) in [4.78, 5) is 21.5. The van der Waals surface area contributed by atoms with Gasteiger partial charge in [-0.3, -0.25) is 9.78 Å². The van der Waals surface area contributed by atoms with Gasteiger partial charge in [0.15, 0.2) is 0 Å². The van der Waals surface area contributed by atoms with Crippen LogP contribution in [0.15, 0.2) is 30.6 Å². The third-order valence-corrected chi connectivity index (χ3v) is 4.99. The van der Waals surface area contributed by atoms with Crippen molar-refractivity contribution < 1.29 is 9.53 Å². The molecule has 1 saturated heterocycles. The van der Waals surface area contributed by atoms with Crippen LogP contribution in [0.1, 0.15) is 15.9 Å². The highest BCUT2D eigenvalue weighted by Crippen LogP contribution is 2.31. The van der Waals surface area contributed by atoms with Crippen molar-refractivity contribution in [3.05, 3.63) is 46.7 Å². The minimum absolute atomic E-state index is 0.228. The number of pyridine rings is 1. The van der Waals surface area contributed by atoms with E-state index in [4.69, 9.17) is 16.3 Å². The number of halogens is 1. The zero-order valence-electron chi connectivity index (χ0n) is 15.3. The van der Waals surface area contributed by atoms with Gasteiger partial charge in [-0.2, -0.15) is 0 Å². The average Bonchev–Trinajstić information content (AvgIpc) is 2.65. The molecule has 2 heterocycles. The third-order valence-electron chi connectivity index (χ3n) is 4.58. The topological polar surface area (TPSA) is 57.7 Å². The van der Waals surface area contributed by atoms with Crippen LogP contribution in [0.25, 0.3) is 0 Å². The molecule has 1 aliphatic heterocycles. The normalized spacial score (nSPS) is 15.0. The van der Waals surface area contributed by atoms with Gasteiger partial charge in [-0.05, 0) is 31.7 Å². The summed E-state index contributed by atoms with van der Waals surface area (Å²) in [5.41, 5.74) is 2.93. The van der Waals surface area contributed by atoms with E-state index in [2.05, 4.69) is 27.1 Å². The van der Waals surface area contributed by atoms with Crippen molar-refractivity contribution in [2.45, 2.75) is 6.92 Å². The van der Waals surface area contributed by atoms with E-state index in [1.54, 1.807) is 31.6 Å². The lowest BCUT2D eigenvalue weighted by Gasteiger charge is -2.33. The molecule has 3 rings (SSSR count). The molecule has 1 aliphatic rings. The standard InChI is InChI=1S/C19H23ClN4O2/c1-13-8-17(18(26-3)10-16(13)20)22-19(25)14-9-15(12-21-11-14)24-6-4-23(2)5-7-24/h8-12H,4-7H2,1-3H3,(H,22,25). The van der Waals surface area contributed by atoms with Crippen LogP contribution < -0.4 is 15.0 Å². The van der Waals surface area contributed by atoms with Crippen molar-refractivity contribution in [1.82, 2.24) is 9.88 Å². The highest BCUT2D eigenvalue weighted by atomic mass is 35.5. The molecule has 7 heteroatoms. The van der Waals surface area contributed by atoms with Crippen LogP contribution >= 0.6 is 11.6 Å². The monoisotopic (exact) mass is 374 g/mol. The molecule has 0 saturated carbocycles. The van der Waals surface area contributed by atoms with Crippen molar-refractivity contribution in [3.8, 4) is 5.75 Å². The second-order valence-corrected chi connectivity index (χ2v) is 6.89. The number of likely N-dealkylation sites (N-methyl/N-ethyl adjacent to an activating group) is 1. The Morgan fingerprint density at radius 1 is 1.19 bits per heavy atom. The zero-order valence-corrected chi connectivity index (χ0v) is 16.0. The number of methoxy groups -OCH3 is 1. The van der Waals surface area contributed by atoms with Gasteiger partial charge >= 0.3 is 0 Å². The molecule has 0 atom stereocenters. The zero-order chi connectivity index (χ0) is 18.7. The molecule has 0 bridgehead atoms. The van der Waals surface area contributed by atoms with Gasteiger partial charge in [0.25, 0.3) is 5.91 Å². The fraction of sp³-hybridized carbons (Fsp3) is 0.368. The number of nitrogens with one attached hydrogen (secondary N) is 1. The van der Waals surface area contributed by atoms with Crippen molar-refractivity contribution in [3.63, 3.8) is 0 Å². The minimum atomic E-state index is -0.228. The maximum absolute atomic E-state index is 12.7. The summed E-state index contributed by atoms with van der Waals surface area (Å²) in [6, 6.07) is 5.38. The van der Waals surface area contributed by atoms with E-state index in [-0.39, 0.29) is 5.91 Å². The predicted octanol–water partition coefficient (Wildman–Crippen LogP) is 3.06. The van der Waals surface area contributed by atoms with Gasteiger partial charge in [0.2, 0.25) is 0 Å². The van der Waals surface area contributed by atoms with Crippen LogP contribution in [-0.2, 0) is 0 Å². The number of hydrogen-bond donors (Lipinski definition) is 1. The average molecular weight is 375 g/mol. The SMILES string of the molecule is COc1cc(Cl)c(C)cc1NC(=O)c1cncc(N2CCN(C)CC2)c1. The molecule has 0 unspecified atom stereocenters. The van der Waals surface area contributed by atoms with E-state index in [9.17, 15) is 4.79 Å². The van der Waals surface area contributed by atoms with Crippen LogP contribution in [0, 0.1) is 6.92 Å². The summed E-state index contributed by atoms with van der Waals surface area (Å²) >= 11 is 6.12. The van der Waals surface area contributed by atoms with Gasteiger partial charge in [0.05, 0.1) is 30.2 Å². The maximum Gasteiger partial charge on any atom is 0.257 e. The van der Waals surface area contributed by atoms with Gasteiger partial charge in [0.1, 0.15) is 5.75 Å². The number of piperazine rings is 1. The lowest BCUT2D eigenvalue weighted by Crippen LogP contribution is -2.44. The van der Waals surface area contributed by atoms with Crippen LogP contribution in [0.2, 0.25) is 5.02 Å². The molecular weight excluding hydrogens is 352 g/mol. The summed E-state index contributed by atoms with van der Waals surface area (Å²) in [5.74, 6) is 0.297. The first-order chi connectivity index (χ1) is 12.5. The first-order valence-corrected chi connectivity index (χ1v) is 8.89. The highest BCUT2D eigenvalue weighted by molar-refractivity contribution is 6.31. The molecule has 1 fully saturated rings. The van der Waals surface area contributed by atoms with Crippen LogP contribution in [-0.4, -0.2) is 56.1 Å². The highest BCUT2D eigenvalue weighted by Gasteiger charge is 2.17. The number of anilines is 2. The Hall–Kier alpha value is -2.31. The van der Waals surface area contributed by atoms with Crippen molar-refractivity contribution in [2.24, 2.45) is 0 Å². The number of carbonyl (C=O) groups excluding carboxylic acids is 1. The number of aryl methyl sites for hydroxylation is 1. The number of carbonyl (C=O) groups is 1. The largest absolute Gasteiger partial charge is 0.495 e. The molecule has 2 aromatic rings. The molecule has 0 radical (unpaired) electrons. The van der Waals surface area contributed by atoms with E-state index in [0.29, 0.717) is 22.0 Å². The fourth-order valence-electron chi connectivity index (χ4n) is 2.91. The smallest absolute Gasteiger partial charge is 0.257 e. The van der Waals surface area contributed by atoms with Gasteiger partial charge in [-0.25, -0.2) is 0 Å². The Morgan fingerprint density at radius 3 is 2.62 bits per heavy atom. The van der Waals surface area contributed by atoms with E-state index in [1.165, 1.54) is 0 Å². The molecule has 6 nitrogen and oxygen atoms in total. The van der Waals surface area contributed by atoms with Crippen LogP contribution in [0.4, 0.5) is 11.4 Å². The quantitative estimate of drug-likeness (QED) is 0.891. The molecule has 26 heavy (non-hydrogen) atoms. The second-order valence-electron chi connectivity index (χ2n) is 6.48. The number of hydrogen-bond acceptors (Lipinski definition) is 5. The van der Waals surface area contributed by atoms with E-state index in [1.807, 2.05) is 13.0 Å². The van der Waals surface area contributed by atoms with Crippen molar-refractivity contribution in [2.75, 3.05) is 50.6 Å². The Labute approximate surface area is 158 Å². The Kier molecular flexibility index (Phi) is 5.64. The number of ether oxygens (including phenoxy) is 1. The summed E-state index contributed by atoms with van der Waals surface area (Å²) in [6.07, 6.45) is 3.37. The molecular formula is C19H23ClN4O2. The molecule has 1 N–H and O–H groups in total. The molecule has 1 amide bonds. The van der Waals surface area contributed by atoms with E-state index < -0.39 is 0 Å². The van der Waals surface area contributed by atoms with Crippen molar-refractivity contribution >= 4 is 28.9 Å². The first-order valence-electron chi connectivity index (χ1n) is 8.52. The number of benzene rings is 1. The van der Waals surface area contributed by atoms with Gasteiger partial charge in [-0.15, -0.1) is 0 Å². The van der Waals surface area contributed by atoms with Crippen LogP contribution in [0.3, 0.4) is 0 Å². The lowest BCUT2D eigenvalue weighted by molar-refractivity contribution is 0.102. The second kappa shape index (κ2) is 7.93. The maximum atomic E-state index is 12.7. The molecule has 138 valence electrons. The van der Waals surface area contributed by atoms with Gasteiger partial charge < -0.3 is 19.9 Å². The Bertz CT molecular complexity index is 804. The molecule has 1 aromatic carbocycles. The van der Waals surface area contributed by atoms with Crippen molar-refractivity contribution in [1.29, 1.82) is 0 Å². The fourth-order valence-corrected chi connectivity index (χ4v) is 3.07. The first kappa shape index (κ1) is 18.5. The van der Waals surface area contributed by atoms with E-state index >= 15 is 0 Å². The summed E-state index contributed by atoms with van der Waals surface area (Å²) in [5, 5.41) is 3.49. The number of amides is 1. The number of rotatable bonds is 4. The summed E-state index contributed by atoms with van der Waals surface area (Å²) < 4.78 is 5.32. The minimum Gasteiger partial charge on any atom is -0.495 e. The number of nitrogens with zero attached hydrogens (tertiary/aromatic N) is 3. The third kappa shape index (κ3) is 4.08. The van der Waals surface area contributed by atoms with Crippen LogP contribution in [0.5, 0.6) is 5.75 Å². The Balaban J connectivity index is 1.78. The summed E-state index contributed by atoms with van der Waals surface area (Å²) in [6.45, 7) is 5.73.